The first-order valence-electron chi connectivity index (χ1n) is 7.96. The maximum Gasteiger partial charge on any atom is 0.220 e. The van der Waals surface area contributed by atoms with E-state index in [4.69, 9.17) is 4.74 Å². The van der Waals surface area contributed by atoms with Gasteiger partial charge >= 0.3 is 0 Å². The van der Waals surface area contributed by atoms with Crippen LogP contribution in [0.4, 0.5) is 4.39 Å². The van der Waals surface area contributed by atoms with E-state index in [0.717, 1.165) is 6.42 Å². The summed E-state index contributed by atoms with van der Waals surface area (Å²) in [5.41, 5.74) is 0. The Hall–Kier alpha value is -1.62. The Balaban J connectivity index is 1.57. The highest BCUT2D eigenvalue weighted by atomic mass is 19.1. The molecule has 0 aliphatic heterocycles. The van der Waals surface area contributed by atoms with E-state index >= 15 is 0 Å². The molecule has 1 aromatic carbocycles. The molecule has 1 fully saturated rings. The molecule has 2 rings (SSSR count). The molecule has 1 unspecified atom stereocenters. The van der Waals surface area contributed by atoms with Gasteiger partial charge in [0.15, 0.2) is 0 Å². The van der Waals surface area contributed by atoms with Gasteiger partial charge in [0.1, 0.15) is 24.3 Å². The zero-order valence-corrected chi connectivity index (χ0v) is 12.8. The second kappa shape index (κ2) is 8.73. The molecule has 1 aliphatic rings. The van der Waals surface area contributed by atoms with Crippen LogP contribution in [0.25, 0.3) is 0 Å². The Kier molecular flexibility index (Phi) is 6.65. The van der Waals surface area contributed by atoms with Gasteiger partial charge in [-0.05, 0) is 36.6 Å². The lowest BCUT2D eigenvalue weighted by Gasteiger charge is -2.14. The van der Waals surface area contributed by atoms with E-state index < -0.39 is 6.10 Å². The molecule has 1 saturated carbocycles. The maximum absolute atomic E-state index is 12.7. The average molecular weight is 309 g/mol. The molecule has 1 aliphatic carbocycles. The Morgan fingerprint density at radius 3 is 2.68 bits per heavy atom. The number of amides is 1. The molecule has 0 bridgehead atoms. The van der Waals surface area contributed by atoms with E-state index in [1.54, 1.807) is 0 Å². The van der Waals surface area contributed by atoms with Crippen molar-refractivity contribution in [1.29, 1.82) is 0 Å². The van der Waals surface area contributed by atoms with Gasteiger partial charge in [0.05, 0.1) is 0 Å². The molecule has 22 heavy (non-hydrogen) atoms. The number of nitrogens with one attached hydrogen (secondary N) is 1. The van der Waals surface area contributed by atoms with E-state index in [-0.39, 0.29) is 24.9 Å². The predicted molar refractivity (Wildman–Crippen MR) is 82.1 cm³/mol. The van der Waals surface area contributed by atoms with Crippen LogP contribution in [0.3, 0.4) is 0 Å². The maximum atomic E-state index is 12.7. The van der Waals surface area contributed by atoms with Crippen LogP contribution >= 0.6 is 0 Å². The Morgan fingerprint density at radius 1 is 1.32 bits per heavy atom. The molecular weight excluding hydrogens is 285 g/mol. The van der Waals surface area contributed by atoms with Crippen LogP contribution in [-0.2, 0) is 4.79 Å². The number of aliphatic hydroxyl groups is 1. The number of carbonyl (C=O) groups is 1. The van der Waals surface area contributed by atoms with Crippen molar-refractivity contribution in [2.45, 2.75) is 44.6 Å². The summed E-state index contributed by atoms with van der Waals surface area (Å²) in [6.07, 6.45) is 5.73. The highest BCUT2D eigenvalue weighted by molar-refractivity contribution is 5.75. The minimum atomic E-state index is -0.777. The summed E-state index contributed by atoms with van der Waals surface area (Å²) < 4.78 is 18.1. The van der Waals surface area contributed by atoms with E-state index in [0.29, 0.717) is 18.1 Å². The zero-order chi connectivity index (χ0) is 15.8. The largest absolute Gasteiger partial charge is 0.491 e. The minimum Gasteiger partial charge on any atom is -0.491 e. The highest BCUT2D eigenvalue weighted by Gasteiger charge is 2.16. The van der Waals surface area contributed by atoms with Crippen molar-refractivity contribution >= 4 is 5.91 Å². The van der Waals surface area contributed by atoms with Crippen molar-refractivity contribution in [1.82, 2.24) is 5.32 Å². The molecule has 0 heterocycles. The van der Waals surface area contributed by atoms with E-state index in [1.165, 1.54) is 49.9 Å². The Bertz CT molecular complexity index is 457. The van der Waals surface area contributed by atoms with Crippen molar-refractivity contribution in [2.75, 3.05) is 13.2 Å². The van der Waals surface area contributed by atoms with Gasteiger partial charge < -0.3 is 15.2 Å². The number of ether oxygens (including phenoxy) is 1. The van der Waals surface area contributed by atoms with Crippen LogP contribution in [0.2, 0.25) is 0 Å². The number of halogens is 1. The molecule has 0 spiro atoms. The topological polar surface area (TPSA) is 58.6 Å². The van der Waals surface area contributed by atoms with Crippen LogP contribution in [0.15, 0.2) is 24.3 Å². The van der Waals surface area contributed by atoms with Crippen molar-refractivity contribution in [3.05, 3.63) is 30.1 Å². The summed E-state index contributed by atoms with van der Waals surface area (Å²) in [6, 6.07) is 5.60. The average Bonchev–Trinajstić information content (AvgIpc) is 3.04. The molecule has 2 N–H and O–H groups in total. The van der Waals surface area contributed by atoms with Gasteiger partial charge in [-0.25, -0.2) is 4.39 Å². The normalized spacial score (nSPS) is 16.5. The lowest BCUT2D eigenvalue weighted by atomic mass is 10.0. The predicted octanol–water partition coefficient (Wildman–Crippen LogP) is 2.65. The summed E-state index contributed by atoms with van der Waals surface area (Å²) in [7, 11) is 0. The molecule has 4 nitrogen and oxygen atoms in total. The minimum absolute atomic E-state index is 0.0206. The van der Waals surface area contributed by atoms with Gasteiger partial charge in [0.2, 0.25) is 5.91 Å². The van der Waals surface area contributed by atoms with Crippen molar-refractivity contribution < 1.29 is 19.0 Å². The zero-order valence-electron chi connectivity index (χ0n) is 12.8. The summed E-state index contributed by atoms with van der Waals surface area (Å²) in [4.78, 5) is 11.7. The molecular formula is C17H24FNO3. The van der Waals surface area contributed by atoms with Gasteiger partial charge in [0.25, 0.3) is 0 Å². The fraction of sp³-hybridized carbons (Fsp3) is 0.588. The standard InChI is InChI=1S/C17H24FNO3/c18-14-6-8-16(9-7-14)22-12-15(20)11-19-17(21)10-5-13-3-1-2-4-13/h6-9,13,15,20H,1-5,10-12H2,(H,19,21). The fourth-order valence-electron chi connectivity index (χ4n) is 2.74. The van der Waals surface area contributed by atoms with Crippen LogP contribution in [0.5, 0.6) is 5.75 Å². The quantitative estimate of drug-likeness (QED) is 0.776. The second-order valence-electron chi connectivity index (χ2n) is 5.91. The van der Waals surface area contributed by atoms with E-state index in [1.807, 2.05) is 0 Å². The van der Waals surface area contributed by atoms with E-state index in [2.05, 4.69) is 5.32 Å². The summed E-state index contributed by atoms with van der Waals surface area (Å²) in [5.74, 6) is 0.834. The Morgan fingerprint density at radius 2 is 2.00 bits per heavy atom. The highest BCUT2D eigenvalue weighted by Crippen LogP contribution is 2.28. The molecule has 1 aromatic rings. The molecule has 1 atom stereocenters. The van der Waals surface area contributed by atoms with Gasteiger partial charge in [-0.3, -0.25) is 4.79 Å². The number of aliphatic hydroxyl groups excluding tert-OH is 1. The molecule has 5 heteroatoms. The number of carbonyl (C=O) groups excluding carboxylic acids is 1. The number of hydrogen-bond acceptors (Lipinski definition) is 3. The molecule has 0 saturated heterocycles. The van der Waals surface area contributed by atoms with Crippen LogP contribution < -0.4 is 10.1 Å². The van der Waals surface area contributed by atoms with Gasteiger partial charge in [-0.15, -0.1) is 0 Å². The second-order valence-corrected chi connectivity index (χ2v) is 5.91. The lowest BCUT2D eigenvalue weighted by molar-refractivity contribution is -0.121. The smallest absolute Gasteiger partial charge is 0.220 e. The number of rotatable bonds is 8. The third kappa shape index (κ3) is 6.02. The number of benzene rings is 1. The monoisotopic (exact) mass is 309 g/mol. The van der Waals surface area contributed by atoms with Crippen molar-refractivity contribution in [2.24, 2.45) is 5.92 Å². The summed E-state index contributed by atoms with van der Waals surface area (Å²) in [5, 5.41) is 12.5. The van der Waals surface area contributed by atoms with Crippen LogP contribution in [0.1, 0.15) is 38.5 Å². The Labute approximate surface area is 130 Å². The van der Waals surface area contributed by atoms with Gasteiger partial charge in [-0.1, -0.05) is 25.7 Å². The van der Waals surface area contributed by atoms with Gasteiger partial charge in [-0.2, -0.15) is 0 Å². The van der Waals surface area contributed by atoms with Crippen molar-refractivity contribution in [3.63, 3.8) is 0 Å². The third-order valence-corrected chi connectivity index (χ3v) is 4.05. The van der Waals surface area contributed by atoms with Crippen molar-refractivity contribution in [3.8, 4) is 5.75 Å². The fourth-order valence-corrected chi connectivity index (χ4v) is 2.74. The molecule has 0 aromatic heterocycles. The van der Waals surface area contributed by atoms with Gasteiger partial charge in [0, 0.05) is 13.0 Å². The number of hydrogen-bond donors (Lipinski definition) is 2. The third-order valence-electron chi connectivity index (χ3n) is 4.05. The molecule has 122 valence electrons. The first kappa shape index (κ1) is 16.7. The molecule has 1 amide bonds. The SMILES string of the molecule is O=C(CCC1CCCC1)NCC(O)COc1ccc(F)cc1. The van der Waals surface area contributed by atoms with Crippen LogP contribution in [-0.4, -0.2) is 30.3 Å². The van der Waals surface area contributed by atoms with E-state index in [9.17, 15) is 14.3 Å². The first-order valence-corrected chi connectivity index (χ1v) is 7.96. The van der Waals surface area contributed by atoms with Crippen LogP contribution in [0, 0.1) is 11.7 Å². The lowest BCUT2D eigenvalue weighted by Crippen LogP contribution is -2.35. The summed E-state index contributed by atoms with van der Waals surface area (Å²) >= 11 is 0. The first-order chi connectivity index (χ1) is 10.6. The summed E-state index contributed by atoms with van der Waals surface area (Å²) in [6.45, 7) is 0.235. The molecule has 0 radical (unpaired) electrons.